The molecule has 1 aromatic heterocycles. The smallest absolute Gasteiger partial charge is 0.270 e. The fourth-order valence-corrected chi connectivity index (χ4v) is 3.49. The van der Waals surface area contributed by atoms with Gasteiger partial charge in [-0.25, -0.2) is 0 Å². The average Bonchev–Trinajstić information content (AvgIpc) is 2.97. The number of H-pyrrole nitrogens is 1. The molecule has 2 heterocycles. The van der Waals surface area contributed by atoms with E-state index in [0.717, 1.165) is 16.5 Å². The lowest BCUT2D eigenvalue weighted by Crippen LogP contribution is -2.58. The Bertz CT molecular complexity index is 843. The second-order valence-corrected chi connectivity index (χ2v) is 6.99. The number of nitrogens with zero attached hydrogens (tertiary/aromatic N) is 3. The fraction of sp³-hybridized carbons (Fsp3) is 0.474. The first kappa shape index (κ1) is 18.3. The highest BCUT2D eigenvalue weighted by Gasteiger charge is 2.34. The molecule has 0 bridgehead atoms. The van der Waals surface area contributed by atoms with Crippen LogP contribution < -0.4 is 4.74 Å². The molecule has 1 unspecified atom stereocenters. The van der Waals surface area contributed by atoms with E-state index < -0.39 is 0 Å². The zero-order valence-corrected chi connectivity index (χ0v) is 16.0. The molecule has 2 amide bonds. The predicted molar refractivity (Wildman–Crippen MR) is 101 cm³/mol. The number of piperazine rings is 1. The molecule has 26 heavy (non-hydrogen) atoms. The van der Waals surface area contributed by atoms with Crippen molar-refractivity contribution in [3.05, 3.63) is 29.5 Å². The van der Waals surface area contributed by atoms with Gasteiger partial charge in [-0.1, -0.05) is 12.1 Å². The Morgan fingerprint density at radius 2 is 2.00 bits per heavy atom. The van der Waals surface area contributed by atoms with E-state index in [1.54, 1.807) is 31.0 Å². The van der Waals surface area contributed by atoms with E-state index >= 15 is 0 Å². The van der Waals surface area contributed by atoms with Gasteiger partial charge in [0.1, 0.15) is 17.5 Å². The van der Waals surface area contributed by atoms with Crippen LogP contribution in [-0.2, 0) is 4.79 Å². The first-order valence-corrected chi connectivity index (χ1v) is 8.71. The quantitative estimate of drug-likeness (QED) is 0.899. The first-order chi connectivity index (χ1) is 12.3. The van der Waals surface area contributed by atoms with E-state index in [2.05, 4.69) is 4.98 Å². The number of aryl methyl sites for hydroxylation is 1. The van der Waals surface area contributed by atoms with E-state index in [1.807, 2.05) is 37.1 Å². The number of aromatic amines is 1. The topological polar surface area (TPSA) is 68.9 Å². The average molecular weight is 358 g/mol. The normalized spacial score (nSPS) is 18.2. The van der Waals surface area contributed by atoms with Crippen LogP contribution in [0.5, 0.6) is 5.75 Å². The third kappa shape index (κ3) is 3.03. The lowest BCUT2D eigenvalue weighted by molar-refractivity contribution is -0.135. The number of benzene rings is 1. The van der Waals surface area contributed by atoms with Crippen molar-refractivity contribution in [1.29, 1.82) is 0 Å². The van der Waals surface area contributed by atoms with Crippen molar-refractivity contribution >= 4 is 22.7 Å². The summed E-state index contributed by atoms with van der Waals surface area (Å²) in [5, 5.41) is 0.975. The van der Waals surface area contributed by atoms with Crippen LogP contribution in [0, 0.1) is 6.92 Å². The molecule has 0 spiro atoms. The molecule has 1 atom stereocenters. The maximum Gasteiger partial charge on any atom is 0.270 e. The van der Waals surface area contributed by atoms with E-state index in [4.69, 9.17) is 4.74 Å². The molecule has 0 saturated carbocycles. The first-order valence-electron chi connectivity index (χ1n) is 8.71. The van der Waals surface area contributed by atoms with Crippen molar-refractivity contribution in [2.24, 2.45) is 0 Å². The van der Waals surface area contributed by atoms with Crippen molar-refractivity contribution in [3.8, 4) is 5.75 Å². The van der Waals surface area contributed by atoms with Crippen LogP contribution in [0.4, 0.5) is 0 Å². The third-order valence-corrected chi connectivity index (χ3v) is 5.15. The number of nitrogens with one attached hydrogen (secondary N) is 1. The second kappa shape index (κ2) is 6.99. The van der Waals surface area contributed by atoms with Gasteiger partial charge in [0.25, 0.3) is 5.91 Å². The maximum absolute atomic E-state index is 13.1. The highest BCUT2D eigenvalue weighted by molar-refractivity contribution is 6.02. The minimum absolute atomic E-state index is 0.0139. The summed E-state index contributed by atoms with van der Waals surface area (Å²) in [6, 6.07) is 5.44. The lowest BCUT2D eigenvalue weighted by Gasteiger charge is -2.39. The SMILES string of the molecule is COc1cccc2c(C)c(C(=O)N3CCN(C)C(C(=O)N(C)C)C3)[nH]c12. The minimum Gasteiger partial charge on any atom is -0.495 e. The molecule has 2 aromatic rings. The molecule has 1 aliphatic heterocycles. The second-order valence-electron chi connectivity index (χ2n) is 6.99. The molecule has 3 rings (SSSR count). The fourth-order valence-electron chi connectivity index (χ4n) is 3.49. The van der Waals surface area contributed by atoms with Crippen LogP contribution in [0.3, 0.4) is 0 Å². The molecule has 1 saturated heterocycles. The molecule has 0 radical (unpaired) electrons. The number of aromatic nitrogens is 1. The van der Waals surface area contributed by atoms with Crippen molar-refractivity contribution in [1.82, 2.24) is 19.7 Å². The largest absolute Gasteiger partial charge is 0.495 e. The maximum atomic E-state index is 13.1. The van der Waals surface area contributed by atoms with E-state index in [-0.39, 0.29) is 17.9 Å². The Hall–Kier alpha value is -2.54. The zero-order chi connectivity index (χ0) is 19.0. The van der Waals surface area contributed by atoms with E-state index in [9.17, 15) is 9.59 Å². The van der Waals surface area contributed by atoms with E-state index in [1.165, 1.54) is 0 Å². The summed E-state index contributed by atoms with van der Waals surface area (Å²) < 4.78 is 5.40. The predicted octanol–water partition coefficient (Wildman–Crippen LogP) is 1.33. The number of hydrogen-bond acceptors (Lipinski definition) is 4. The molecule has 0 aliphatic carbocycles. The molecule has 140 valence electrons. The Labute approximate surface area is 153 Å². The van der Waals surface area contributed by atoms with Crippen molar-refractivity contribution in [3.63, 3.8) is 0 Å². The van der Waals surface area contributed by atoms with Crippen LogP contribution in [0.1, 0.15) is 16.1 Å². The third-order valence-electron chi connectivity index (χ3n) is 5.15. The van der Waals surface area contributed by atoms with Gasteiger partial charge >= 0.3 is 0 Å². The monoisotopic (exact) mass is 358 g/mol. The van der Waals surface area contributed by atoms with Gasteiger partial charge in [-0.15, -0.1) is 0 Å². The summed E-state index contributed by atoms with van der Waals surface area (Å²) in [7, 11) is 7.02. The minimum atomic E-state index is -0.318. The Morgan fingerprint density at radius 3 is 2.65 bits per heavy atom. The Kier molecular flexibility index (Phi) is 4.91. The number of para-hydroxylation sites is 1. The van der Waals surface area contributed by atoms with Gasteiger partial charge in [0, 0.05) is 39.1 Å². The van der Waals surface area contributed by atoms with Gasteiger partial charge in [-0.2, -0.15) is 0 Å². The van der Waals surface area contributed by atoms with Gasteiger partial charge < -0.3 is 19.5 Å². The molecule has 1 aromatic carbocycles. The Morgan fingerprint density at radius 1 is 1.27 bits per heavy atom. The highest BCUT2D eigenvalue weighted by Crippen LogP contribution is 2.30. The molecule has 1 fully saturated rings. The molecule has 1 aliphatic rings. The number of fused-ring (bicyclic) bond motifs is 1. The zero-order valence-electron chi connectivity index (χ0n) is 16.0. The van der Waals surface area contributed by atoms with Gasteiger partial charge in [-0.05, 0) is 25.6 Å². The molecule has 7 heteroatoms. The molecular formula is C19H26N4O3. The standard InChI is InChI=1S/C19H26N4O3/c1-12-13-7-6-8-15(26-5)17(13)20-16(12)19(25)23-10-9-22(4)14(11-23)18(24)21(2)3/h6-8,14,20H,9-11H2,1-5H3. The van der Waals surface area contributed by atoms with Crippen LogP contribution in [0.15, 0.2) is 18.2 Å². The lowest BCUT2D eigenvalue weighted by atomic mass is 10.1. The van der Waals surface area contributed by atoms with Gasteiger partial charge in [0.15, 0.2) is 0 Å². The summed E-state index contributed by atoms with van der Waals surface area (Å²) in [5.41, 5.74) is 2.29. The Balaban J connectivity index is 1.91. The number of carbonyl (C=O) groups excluding carboxylic acids is 2. The summed E-state index contributed by atoms with van der Waals surface area (Å²) in [6.45, 7) is 3.58. The van der Waals surface area contributed by atoms with Crippen molar-refractivity contribution in [2.75, 3.05) is 47.9 Å². The number of ether oxygens (including phenoxy) is 1. The molecule has 7 nitrogen and oxygen atoms in total. The number of rotatable bonds is 3. The summed E-state index contributed by atoms with van der Waals surface area (Å²) in [5.74, 6) is 0.647. The highest BCUT2D eigenvalue weighted by atomic mass is 16.5. The summed E-state index contributed by atoms with van der Waals surface area (Å²) in [6.07, 6.45) is 0. The molecular weight excluding hydrogens is 332 g/mol. The number of amides is 2. The van der Waals surface area contributed by atoms with Crippen molar-refractivity contribution < 1.29 is 14.3 Å². The number of hydrogen-bond donors (Lipinski definition) is 1. The van der Waals surface area contributed by atoms with E-state index in [0.29, 0.717) is 31.1 Å². The van der Waals surface area contributed by atoms with Crippen LogP contribution in [0.2, 0.25) is 0 Å². The van der Waals surface area contributed by atoms with Crippen molar-refractivity contribution in [2.45, 2.75) is 13.0 Å². The summed E-state index contributed by atoms with van der Waals surface area (Å²) >= 11 is 0. The van der Waals surface area contributed by atoms with Gasteiger partial charge in [0.2, 0.25) is 5.91 Å². The van der Waals surface area contributed by atoms with Gasteiger partial charge in [-0.3, -0.25) is 14.5 Å². The van der Waals surface area contributed by atoms with Crippen LogP contribution in [0.25, 0.3) is 10.9 Å². The number of methoxy groups -OCH3 is 1. The van der Waals surface area contributed by atoms with Gasteiger partial charge in [0.05, 0.1) is 12.6 Å². The van der Waals surface area contributed by atoms with Crippen LogP contribution >= 0.6 is 0 Å². The van der Waals surface area contributed by atoms with Crippen LogP contribution in [-0.4, -0.2) is 85.4 Å². The number of carbonyl (C=O) groups is 2. The summed E-state index contributed by atoms with van der Waals surface area (Å²) in [4.78, 5) is 34.1. The molecule has 1 N–H and O–H groups in total. The number of likely N-dealkylation sites (N-methyl/N-ethyl adjacent to an activating group) is 2.